The highest BCUT2D eigenvalue weighted by Gasteiger charge is 1.99. The lowest BCUT2D eigenvalue weighted by molar-refractivity contribution is 0.897. The van der Waals surface area contributed by atoms with Crippen LogP contribution in [-0.4, -0.2) is 20.4 Å². The van der Waals surface area contributed by atoms with E-state index in [4.69, 9.17) is 0 Å². The lowest BCUT2D eigenvalue weighted by Gasteiger charge is -1.77. The van der Waals surface area contributed by atoms with Crippen LogP contribution in [0, 0.1) is 6.92 Å². The van der Waals surface area contributed by atoms with Gasteiger partial charge in [-0.2, -0.15) is 0 Å². The van der Waals surface area contributed by atoms with Crippen molar-refractivity contribution in [3.8, 4) is 0 Å². The molecule has 0 aliphatic rings. The minimum absolute atomic E-state index is 0.831. The molecule has 0 atom stereocenters. The third-order valence-corrected chi connectivity index (χ3v) is 1.98. The molecule has 0 saturated heterocycles. The normalized spacial score (nSPS) is 10.5. The Labute approximate surface area is 60.9 Å². The molecule has 50 valence electrons. The Balaban J connectivity index is 2.88. The Hall–Kier alpha value is -1.10. The number of rotatable bonds is 0. The average molecular weight is 152 g/mol. The summed E-state index contributed by atoms with van der Waals surface area (Å²) in [5.41, 5.74) is 0.831. The SMILES string of the molecule is Cc1nc2cnnnc2s1. The van der Waals surface area contributed by atoms with Crippen molar-refractivity contribution in [1.82, 2.24) is 20.4 Å². The Kier molecular flexibility index (Phi) is 1.10. The van der Waals surface area contributed by atoms with Gasteiger partial charge in [0.25, 0.3) is 0 Å². The van der Waals surface area contributed by atoms with E-state index in [2.05, 4.69) is 20.4 Å². The van der Waals surface area contributed by atoms with Gasteiger partial charge in [-0.15, -0.1) is 10.2 Å². The first-order valence-electron chi connectivity index (χ1n) is 2.78. The standard InChI is InChI=1S/C5H4N4S/c1-3-7-4-2-6-9-8-5(4)10-3/h2H,1H3. The number of hydrogen-bond acceptors (Lipinski definition) is 5. The van der Waals surface area contributed by atoms with E-state index in [1.54, 1.807) is 6.20 Å². The van der Waals surface area contributed by atoms with Gasteiger partial charge in [0.1, 0.15) is 5.52 Å². The van der Waals surface area contributed by atoms with E-state index in [0.717, 1.165) is 15.4 Å². The second kappa shape index (κ2) is 1.95. The Morgan fingerprint density at radius 3 is 3.20 bits per heavy atom. The van der Waals surface area contributed by atoms with Crippen molar-refractivity contribution in [1.29, 1.82) is 0 Å². The first kappa shape index (κ1) is 5.67. The number of nitrogens with zero attached hydrogens (tertiary/aromatic N) is 4. The number of aryl methyl sites for hydroxylation is 1. The summed E-state index contributed by atoms with van der Waals surface area (Å²) in [5, 5.41) is 11.9. The minimum atomic E-state index is 0.831. The molecule has 0 fully saturated rings. The molecule has 10 heavy (non-hydrogen) atoms. The Morgan fingerprint density at radius 1 is 1.50 bits per heavy atom. The predicted octanol–water partition coefficient (Wildman–Crippen LogP) is 0.790. The molecule has 0 amide bonds. The van der Waals surface area contributed by atoms with Crippen LogP contribution in [0.4, 0.5) is 0 Å². The highest BCUT2D eigenvalue weighted by Crippen LogP contribution is 2.15. The topological polar surface area (TPSA) is 51.6 Å². The zero-order valence-corrected chi connectivity index (χ0v) is 6.09. The molecule has 2 aromatic heterocycles. The van der Waals surface area contributed by atoms with E-state index in [1.807, 2.05) is 6.92 Å². The third kappa shape index (κ3) is 0.750. The van der Waals surface area contributed by atoms with Gasteiger partial charge in [0.05, 0.1) is 11.2 Å². The van der Waals surface area contributed by atoms with Gasteiger partial charge in [-0.1, -0.05) is 11.3 Å². The molecular weight excluding hydrogens is 148 g/mol. The first-order chi connectivity index (χ1) is 4.86. The molecule has 0 unspecified atom stereocenters. The fraction of sp³-hybridized carbons (Fsp3) is 0.200. The number of aromatic nitrogens is 4. The summed E-state index contributed by atoms with van der Waals surface area (Å²) in [6, 6.07) is 0. The zero-order valence-electron chi connectivity index (χ0n) is 5.27. The minimum Gasteiger partial charge on any atom is -0.238 e. The fourth-order valence-corrected chi connectivity index (χ4v) is 1.44. The molecule has 5 heteroatoms. The van der Waals surface area contributed by atoms with Crippen LogP contribution in [-0.2, 0) is 0 Å². The molecule has 0 spiro atoms. The maximum atomic E-state index is 4.17. The van der Waals surface area contributed by atoms with E-state index in [1.165, 1.54) is 11.3 Å². The summed E-state index contributed by atoms with van der Waals surface area (Å²) in [7, 11) is 0. The maximum Gasteiger partial charge on any atom is 0.169 e. The lowest BCUT2D eigenvalue weighted by atomic mass is 10.6. The average Bonchev–Trinajstić information content (AvgIpc) is 2.27. The molecule has 0 aliphatic heterocycles. The summed E-state index contributed by atoms with van der Waals surface area (Å²) in [5.74, 6) is 0. The smallest absolute Gasteiger partial charge is 0.169 e. The van der Waals surface area contributed by atoms with Crippen LogP contribution < -0.4 is 0 Å². The van der Waals surface area contributed by atoms with Gasteiger partial charge in [0.15, 0.2) is 4.83 Å². The molecule has 2 heterocycles. The number of fused-ring (bicyclic) bond motifs is 1. The predicted molar refractivity (Wildman–Crippen MR) is 37.7 cm³/mol. The summed E-state index contributed by atoms with van der Waals surface area (Å²) < 4.78 is 0. The molecule has 0 saturated carbocycles. The molecule has 4 nitrogen and oxygen atoms in total. The summed E-state index contributed by atoms with van der Waals surface area (Å²) in [4.78, 5) is 5.02. The third-order valence-electron chi connectivity index (χ3n) is 1.11. The molecule has 0 N–H and O–H groups in total. The summed E-state index contributed by atoms with van der Waals surface area (Å²) in [6.45, 7) is 1.94. The Morgan fingerprint density at radius 2 is 2.40 bits per heavy atom. The van der Waals surface area contributed by atoms with Crippen molar-refractivity contribution in [2.75, 3.05) is 0 Å². The highest BCUT2D eigenvalue weighted by molar-refractivity contribution is 7.18. The van der Waals surface area contributed by atoms with Crippen molar-refractivity contribution < 1.29 is 0 Å². The first-order valence-corrected chi connectivity index (χ1v) is 3.59. The fourth-order valence-electron chi connectivity index (χ4n) is 0.735. The Bertz CT molecular complexity index is 322. The quantitative estimate of drug-likeness (QED) is 0.560. The molecule has 2 aromatic rings. The van der Waals surface area contributed by atoms with Crippen molar-refractivity contribution in [3.05, 3.63) is 11.2 Å². The van der Waals surface area contributed by atoms with Crippen molar-refractivity contribution in [2.45, 2.75) is 6.92 Å². The van der Waals surface area contributed by atoms with Crippen molar-refractivity contribution in [2.24, 2.45) is 0 Å². The summed E-state index contributed by atoms with van der Waals surface area (Å²) in [6.07, 6.45) is 1.62. The van der Waals surface area contributed by atoms with Gasteiger partial charge in [-0.05, 0) is 12.1 Å². The van der Waals surface area contributed by atoms with Gasteiger partial charge in [0, 0.05) is 0 Å². The molecule has 2 rings (SSSR count). The van der Waals surface area contributed by atoms with E-state index in [9.17, 15) is 0 Å². The van der Waals surface area contributed by atoms with E-state index in [0.29, 0.717) is 0 Å². The zero-order chi connectivity index (χ0) is 6.97. The maximum absolute atomic E-state index is 4.17. The molecule has 0 aromatic carbocycles. The largest absolute Gasteiger partial charge is 0.238 e. The van der Waals surface area contributed by atoms with Crippen LogP contribution in [0.25, 0.3) is 10.3 Å². The second-order valence-corrected chi connectivity index (χ2v) is 3.04. The van der Waals surface area contributed by atoms with Gasteiger partial charge in [-0.3, -0.25) is 0 Å². The number of hydrogen-bond donors (Lipinski definition) is 0. The van der Waals surface area contributed by atoms with E-state index >= 15 is 0 Å². The van der Waals surface area contributed by atoms with Crippen LogP contribution >= 0.6 is 11.3 Å². The van der Waals surface area contributed by atoms with Crippen LogP contribution in [0.5, 0.6) is 0 Å². The van der Waals surface area contributed by atoms with E-state index in [-0.39, 0.29) is 0 Å². The molecule has 0 radical (unpaired) electrons. The van der Waals surface area contributed by atoms with Crippen molar-refractivity contribution in [3.63, 3.8) is 0 Å². The van der Waals surface area contributed by atoms with Crippen molar-refractivity contribution >= 4 is 21.7 Å². The van der Waals surface area contributed by atoms with Crippen LogP contribution in [0.1, 0.15) is 5.01 Å². The van der Waals surface area contributed by atoms with Gasteiger partial charge < -0.3 is 0 Å². The lowest BCUT2D eigenvalue weighted by Crippen LogP contribution is -1.82. The van der Waals surface area contributed by atoms with Crippen LogP contribution in [0.3, 0.4) is 0 Å². The summed E-state index contributed by atoms with van der Waals surface area (Å²) >= 11 is 1.53. The van der Waals surface area contributed by atoms with Gasteiger partial charge >= 0.3 is 0 Å². The van der Waals surface area contributed by atoms with E-state index < -0.39 is 0 Å². The second-order valence-electron chi connectivity index (χ2n) is 1.86. The van der Waals surface area contributed by atoms with Crippen LogP contribution in [0.2, 0.25) is 0 Å². The molecule has 0 bridgehead atoms. The monoisotopic (exact) mass is 152 g/mol. The molecular formula is C5H4N4S. The van der Waals surface area contributed by atoms with Gasteiger partial charge in [-0.25, -0.2) is 4.98 Å². The highest BCUT2D eigenvalue weighted by atomic mass is 32.1. The van der Waals surface area contributed by atoms with Gasteiger partial charge in [0.2, 0.25) is 0 Å². The van der Waals surface area contributed by atoms with Crippen LogP contribution in [0.15, 0.2) is 6.20 Å². The number of thiazole rings is 1. The molecule has 0 aliphatic carbocycles.